The summed E-state index contributed by atoms with van der Waals surface area (Å²) in [6.45, 7) is 4.65. The van der Waals surface area contributed by atoms with Crippen LogP contribution in [0.5, 0.6) is 0 Å². The molecule has 0 bridgehead atoms. The third-order valence-electron chi connectivity index (χ3n) is 3.32. The van der Waals surface area contributed by atoms with Crippen LogP contribution in [0.2, 0.25) is 0 Å². The minimum absolute atomic E-state index is 0.249. The molecule has 1 rings (SSSR count). The highest BCUT2D eigenvalue weighted by atomic mass is 16.4. The lowest BCUT2D eigenvalue weighted by Crippen LogP contribution is -2.33. The van der Waals surface area contributed by atoms with Crippen molar-refractivity contribution >= 4 is 11.9 Å². The second-order valence-corrected chi connectivity index (χ2v) is 4.71. The van der Waals surface area contributed by atoms with Crippen LogP contribution in [0.1, 0.15) is 46.0 Å². The largest absolute Gasteiger partial charge is 0.481 e. The Bertz CT molecular complexity index is 265. The molecule has 0 aromatic rings. The van der Waals surface area contributed by atoms with Crippen molar-refractivity contribution < 1.29 is 14.7 Å². The molecule has 1 N–H and O–H groups in total. The standard InChI is InChI=1S/C12H21NO3/c1-9(12(15)16)5-3-6-10(2)13-8-4-7-11(13)14/h9-10H,3-8H2,1-2H3,(H,15,16). The monoisotopic (exact) mass is 227 g/mol. The van der Waals surface area contributed by atoms with Crippen LogP contribution in [-0.4, -0.2) is 34.5 Å². The van der Waals surface area contributed by atoms with Gasteiger partial charge in [-0.1, -0.05) is 13.3 Å². The van der Waals surface area contributed by atoms with Crippen molar-refractivity contribution in [2.45, 2.75) is 52.0 Å². The van der Waals surface area contributed by atoms with Crippen LogP contribution in [-0.2, 0) is 9.59 Å². The van der Waals surface area contributed by atoms with Crippen molar-refractivity contribution in [3.63, 3.8) is 0 Å². The van der Waals surface area contributed by atoms with E-state index in [-0.39, 0.29) is 17.9 Å². The van der Waals surface area contributed by atoms with E-state index in [9.17, 15) is 9.59 Å². The lowest BCUT2D eigenvalue weighted by molar-refractivity contribution is -0.141. The highest BCUT2D eigenvalue weighted by Crippen LogP contribution is 2.18. The van der Waals surface area contributed by atoms with E-state index in [2.05, 4.69) is 6.92 Å². The van der Waals surface area contributed by atoms with Crippen molar-refractivity contribution in [3.05, 3.63) is 0 Å². The topological polar surface area (TPSA) is 57.6 Å². The Balaban J connectivity index is 2.22. The number of rotatable bonds is 6. The Kier molecular flexibility index (Phi) is 4.77. The minimum atomic E-state index is -0.732. The molecule has 1 saturated heterocycles. The quantitative estimate of drug-likeness (QED) is 0.753. The number of hydrogen-bond donors (Lipinski definition) is 1. The van der Waals surface area contributed by atoms with E-state index in [1.807, 2.05) is 4.90 Å². The molecule has 1 fully saturated rings. The molecule has 0 spiro atoms. The van der Waals surface area contributed by atoms with Gasteiger partial charge in [-0.15, -0.1) is 0 Å². The molecule has 4 nitrogen and oxygen atoms in total. The van der Waals surface area contributed by atoms with Crippen molar-refractivity contribution in [1.29, 1.82) is 0 Å². The molecule has 0 aliphatic carbocycles. The molecule has 2 atom stereocenters. The second kappa shape index (κ2) is 5.87. The zero-order chi connectivity index (χ0) is 12.1. The molecule has 1 aliphatic rings. The van der Waals surface area contributed by atoms with Gasteiger partial charge >= 0.3 is 5.97 Å². The van der Waals surface area contributed by atoms with E-state index in [0.717, 1.165) is 25.8 Å². The number of nitrogens with zero attached hydrogens (tertiary/aromatic N) is 1. The average Bonchev–Trinajstić information content (AvgIpc) is 2.64. The van der Waals surface area contributed by atoms with Crippen molar-refractivity contribution in [2.24, 2.45) is 5.92 Å². The van der Waals surface area contributed by atoms with Crippen molar-refractivity contribution in [1.82, 2.24) is 4.90 Å². The molecule has 0 aromatic heterocycles. The fourth-order valence-electron chi connectivity index (χ4n) is 2.13. The number of carbonyl (C=O) groups is 2. The first-order valence-corrected chi connectivity index (χ1v) is 6.04. The summed E-state index contributed by atoms with van der Waals surface area (Å²) in [5, 5.41) is 8.74. The van der Waals surface area contributed by atoms with E-state index < -0.39 is 5.97 Å². The normalized spacial score (nSPS) is 19.9. The van der Waals surface area contributed by atoms with Gasteiger partial charge in [0.1, 0.15) is 0 Å². The van der Waals surface area contributed by atoms with Gasteiger partial charge in [-0.05, 0) is 26.2 Å². The summed E-state index contributed by atoms with van der Waals surface area (Å²) in [6.07, 6.45) is 4.12. The van der Waals surface area contributed by atoms with Crippen LogP contribution in [0.25, 0.3) is 0 Å². The van der Waals surface area contributed by atoms with Crippen LogP contribution in [0.4, 0.5) is 0 Å². The van der Waals surface area contributed by atoms with Gasteiger partial charge in [0.2, 0.25) is 5.91 Å². The lowest BCUT2D eigenvalue weighted by Gasteiger charge is -2.24. The maximum absolute atomic E-state index is 11.5. The lowest BCUT2D eigenvalue weighted by atomic mass is 10.0. The molecular formula is C12H21NO3. The third-order valence-corrected chi connectivity index (χ3v) is 3.32. The predicted octanol–water partition coefficient (Wildman–Crippen LogP) is 1.89. The predicted molar refractivity (Wildman–Crippen MR) is 61.1 cm³/mol. The molecule has 16 heavy (non-hydrogen) atoms. The van der Waals surface area contributed by atoms with Crippen LogP contribution in [0, 0.1) is 5.92 Å². The molecule has 1 aliphatic heterocycles. The fourth-order valence-corrected chi connectivity index (χ4v) is 2.13. The van der Waals surface area contributed by atoms with Crippen LogP contribution in [0.15, 0.2) is 0 Å². The summed E-state index contributed by atoms with van der Waals surface area (Å²) in [6, 6.07) is 0.260. The zero-order valence-corrected chi connectivity index (χ0v) is 10.1. The Morgan fingerprint density at radius 2 is 2.12 bits per heavy atom. The summed E-state index contributed by atoms with van der Waals surface area (Å²) in [4.78, 5) is 24.0. The Morgan fingerprint density at radius 3 is 2.62 bits per heavy atom. The van der Waals surface area contributed by atoms with Crippen LogP contribution >= 0.6 is 0 Å². The van der Waals surface area contributed by atoms with E-state index in [4.69, 9.17) is 5.11 Å². The third kappa shape index (κ3) is 3.51. The van der Waals surface area contributed by atoms with Gasteiger partial charge < -0.3 is 10.0 Å². The molecule has 0 saturated carbocycles. The van der Waals surface area contributed by atoms with Gasteiger partial charge in [-0.3, -0.25) is 9.59 Å². The number of carboxylic acids is 1. The number of carboxylic acid groups (broad SMARTS) is 1. The average molecular weight is 227 g/mol. The van der Waals surface area contributed by atoms with E-state index in [0.29, 0.717) is 12.8 Å². The van der Waals surface area contributed by atoms with Gasteiger partial charge in [0, 0.05) is 19.0 Å². The maximum atomic E-state index is 11.5. The molecular weight excluding hydrogens is 206 g/mol. The first kappa shape index (κ1) is 13.0. The van der Waals surface area contributed by atoms with Gasteiger partial charge in [0.05, 0.1) is 5.92 Å². The molecule has 92 valence electrons. The summed E-state index contributed by atoms with van der Waals surface area (Å²) in [7, 11) is 0. The number of likely N-dealkylation sites (tertiary alicyclic amines) is 1. The molecule has 2 unspecified atom stereocenters. The van der Waals surface area contributed by atoms with Crippen LogP contribution < -0.4 is 0 Å². The smallest absolute Gasteiger partial charge is 0.306 e. The Morgan fingerprint density at radius 1 is 1.44 bits per heavy atom. The van der Waals surface area contributed by atoms with Crippen LogP contribution in [0.3, 0.4) is 0 Å². The fraction of sp³-hybridized carbons (Fsp3) is 0.833. The highest BCUT2D eigenvalue weighted by Gasteiger charge is 2.24. The number of carbonyl (C=O) groups excluding carboxylic acids is 1. The second-order valence-electron chi connectivity index (χ2n) is 4.71. The molecule has 1 amide bonds. The summed E-state index contributed by atoms with van der Waals surface area (Å²) in [5.41, 5.74) is 0. The SMILES string of the molecule is CC(CCCC(C)N1CCCC1=O)C(=O)O. The number of hydrogen-bond acceptors (Lipinski definition) is 2. The maximum Gasteiger partial charge on any atom is 0.306 e. The van der Waals surface area contributed by atoms with Gasteiger partial charge in [0.15, 0.2) is 0 Å². The highest BCUT2D eigenvalue weighted by molar-refractivity contribution is 5.78. The molecule has 0 radical (unpaired) electrons. The first-order valence-electron chi connectivity index (χ1n) is 6.04. The van der Waals surface area contributed by atoms with Crippen molar-refractivity contribution in [3.8, 4) is 0 Å². The van der Waals surface area contributed by atoms with E-state index >= 15 is 0 Å². The summed E-state index contributed by atoms with van der Waals surface area (Å²) < 4.78 is 0. The minimum Gasteiger partial charge on any atom is -0.481 e. The molecule has 4 heteroatoms. The zero-order valence-electron chi connectivity index (χ0n) is 10.1. The van der Waals surface area contributed by atoms with Gasteiger partial charge in [-0.2, -0.15) is 0 Å². The summed E-state index contributed by atoms with van der Waals surface area (Å²) in [5.74, 6) is -0.759. The van der Waals surface area contributed by atoms with Gasteiger partial charge in [0.25, 0.3) is 0 Å². The Hall–Kier alpha value is -1.06. The van der Waals surface area contributed by atoms with Crippen molar-refractivity contribution in [2.75, 3.05) is 6.54 Å². The van der Waals surface area contributed by atoms with E-state index in [1.165, 1.54) is 0 Å². The number of aliphatic carboxylic acids is 1. The van der Waals surface area contributed by atoms with Gasteiger partial charge in [-0.25, -0.2) is 0 Å². The molecule has 0 aromatic carbocycles. The number of amides is 1. The first-order chi connectivity index (χ1) is 7.52. The molecule has 1 heterocycles. The Labute approximate surface area is 96.6 Å². The van der Waals surface area contributed by atoms with E-state index in [1.54, 1.807) is 6.92 Å². The summed E-state index contributed by atoms with van der Waals surface area (Å²) >= 11 is 0.